The zero-order chi connectivity index (χ0) is 24.1. The van der Waals surface area contributed by atoms with Gasteiger partial charge in [0.2, 0.25) is 6.10 Å². The Bertz CT molecular complexity index is 599. The van der Waals surface area contributed by atoms with E-state index in [1.807, 2.05) is 0 Å². The molecule has 2 atom stereocenters. The first-order chi connectivity index (χ1) is 12.2. The van der Waals surface area contributed by atoms with E-state index in [-0.39, 0.29) is 0 Å². The molecule has 0 amide bonds. The second kappa shape index (κ2) is 7.31. The normalized spacial score (nSPS) is 18.4. The molecule has 0 fully saturated rings. The predicted octanol–water partition coefficient (Wildman–Crippen LogP) is 6.05. The van der Waals surface area contributed by atoms with E-state index < -0.39 is 54.5 Å². The van der Waals surface area contributed by atoms with Crippen LogP contribution in [-0.2, 0) is 9.47 Å². The lowest BCUT2D eigenvalue weighted by Gasteiger charge is -2.39. The quantitative estimate of drug-likeness (QED) is 0.416. The summed E-state index contributed by atoms with van der Waals surface area (Å²) in [6.45, 7) is 1.54. The molecule has 0 saturated carbocycles. The van der Waals surface area contributed by atoms with Crippen molar-refractivity contribution in [2.45, 2.75) is 48.6 Å². The summed E-state index contributed by atoms with van der Waals surface area (Å²) in [7, 11) is 0. The van der Waals surface area contributed by atoms with Crippen molar-refractivity contribution in [3.8, 4) is 0 Å². The second-order valence-corrected chi connectivity index (χ2v) is 4.79. The van der Waals surface area contributed by atoms with E-state index in [9.17, 15) is 74.6 Å². The lowest BCUT2D eigenvalue weighted by molar-refractivity contribution is -0.517. The molecule has 29 heavy (non-hydrogen) atoms. The van der Waals surface area contributed by atoms with Crippen LogP contribution in [0.3, 0.4) is 0 Å². The molecule has 0 saturated heterocycles. The van der Waals surface area contributed by atoms with Gasteiger partial charge in [0.05, 0.1) is 0 Å². The van der Waals surface area contributed by atoms with Crippen LogP contribution in [0.2, 0.25) is 0 Å². The summed E-state index contributed by atoms with van der Waals surface area (Å²) in [5.41, 5.74) is 0. The van der Waals surface area contributed by atoms with Gasteiger partial charge in [0, 0.05) is 0 Å². The zero-order valence-corrected chi connectivity index (χ0v) is 12.5. The molecule has 0 heterocycles. The van der Waals surface area contributed by atoms with Crippen molar-refractivity contribution in [1.82, 2.24) is 0 Å². The minimum atomic E-state index is -7.67. The minimum absolute atomic E-state index is 1.54. The largest absolute Gasteiger partial charge is 0.458 e. The predicted molar refractivity (Wildman–Crippen MR) is 53.1 cm³/mol. The molecule has 0 N–H and O–H groups in total. The van der Waals surface area contributed by atoms with E-state index >= 15 is 0 Å². The lowest BCUT2D eigenvalue weighted by Crippen LogP contribution is -2.65. The number of alkyl halides is 16. The van der Waals surface area contributed by atoms with Crippen LogP contribution in [0, 0.1) is 0 Å². The molecular formula is C10H3F17O2. The van der Waals surface area contributed by atoms with Crippen LogP contribution in [0.4, 0.5) is 74.6 Å². The number of rotatable bonds is 7. The highest BCUT2D eigenvalue weighted by atomic mass is 19.4. The third-order valence-corrected chi connectivity index (χ3v) is 2.59. The highest BCUT2D eigenvalue weighted by Crippen LogP contribution is 2.54. The van der Waals surface area contributed by atoms with Gasteiger partial charge in [0.1, 0.15) is 0 Å². The van der Waals surface area contributed by atoms with Crippen LogP contribution >= 0.6 is 0 Å². The summed E-state index contributed by atoms with van der Waals surface area (Å²) in [5, 5.41) is 0. The summed E-state index contributed by atoms with van der Waals surface area (Å²) >= 11 is 0. The first-order valence-electron chi connectivity index (χ1n) is 5.99. The van der Waals surface area contributed by atoms with Crippen molar-refractivity contribution >= 4 is 0 Å². The van der Waals surface area contributed by atoms with Crippen molar-refractivity contribution in [3.63, 3.8) is 0 Å². The van der Waals surface area contributed by atoms with Crippen molar-refractivity contribution in [2.24, 2.45) is 0 Å². The molecular weight excluding hydrogens is 475 g/mol. The van der Waals surface area contributed by atoms with Crippen LogP contribution in [0.15, 0.2) is 12.4 Å². The molecule has 0 radical (unpaired) electrons. The summed E-state index contributed by atoms with van der Waals surface area (Å²) in [6, 6.07) is 0. The van der Waals surface area contributed by atoms with E-state index in [2.05, 4.69) is 0 Å². The Kier molecular flexibility index (Phi) is 6.92. The zero-order valence-electron chi connectivity index (χ0n) is 12.5. The third kappa shape index (κ3) is 5.34. The first kappa shape index (κ1) is 27.5. The monoisotopic (exact) mass is 478 g/mol. The molecule has 2 nitrogen and oxygen atoms in total. The second-order valence-electron chi connectivity index (χ2n) is 4.79. The molecule has 0 aliphatic heterocycles. The number of halogens is 17. The van der Waals surface area contributed by atoms with E-state index in [0.717, 1.165) is 0 Å². The van der Waals surface area contributed by atoms with Crippen LogP contribution < -0.4 is 0 Å². The first-order valence-corrected chi connectivity index (χ1v) is 5.99. The van der Waals surface area contributed by atoms with Gasteiger partial charge in [0.25, 0.3) is 0 Å². The fourth-order valence-corrected chi connectivity index (χ4v) is 1.23. The molecule has 0 aliphatic carbocycles. The van der Waals surface area contributed by atoms with E-state index in [0.29, 0.717) is 0 Å². The van der Waals surface area contributed by atoms with Crippen molar-refractivity contribution in [1.29, 1.82) is 0 Å². The van der Waals surface area contributed by atoms with Gasteiger partial charge >= 0.3 is 42.5 Å². The van der Waals surface area contributed by atoms with Gasteiger partial charge in [-0.3, -0.25) is 9.47 Å². The smallest absolute Gasteiger partial charge is 0.296 e. The molecule has 0 aromatic heterocycles. The maximum absolute atomic E-state index is 13.6. The Labute approximate surface area is 146 Å². The highest BCUT2D eigenvalue weighted by molar-refractivity contribution is 4.98. The van der Waals surface area contributed by atoms with E-state index in [4.69, 9.17) is 0 Å². The van der Waals surface area contributed by atoms with Crippen LogP contribution in [0.1, 0.15) is 0 Å². The van der Waals surface area contributed by atoms with E-state index in [1.54, 1.807) is 9.47 Å². The molecule has 0 bridgehead atoms. The Morgan fingerprint density at radius 2 is 1.03 bits per heavy atom. The maximum Gasteiger partial charge on any atom is 0.458 e. The third-order valence-electron chi connectivity index (χ3n) is 2.59. The van der Waals surface area contributed by atoms with Gasteiger partial charge in [-0.05, 0) is 0 Å². The molecule has 0 spiro atoms. The maximum atomic E-state index is 13.6. The molecule has 0 rings (SSSR count). The van der Waals surface area contributed by atoms with Gasteiger partial charge < -0.3 is 0 Å². The SMILES string of the molecule is C=C(F)C(F)(F)OC(F)(C(F)(F)F)C(F)(F)OC(C(F)(F)F)C(F)(F)C(F)(F)F. The van der Waals surface area contributed by atoms with Crippen LogP contribution in [0.25, 0.3) is 0 Å². The van der Waals surface area contributed by atoms with Crippen molar-refractivity contribution in [2.75, 3.05) is 0 Å². The van der Waals surface area contributed by atoms with Gasteiger partial charge in [-0.2, -0.15) is 70.2 Å². The van der Waals surface area contributed by atoms with Gasteiger partial charge in [-0.25, -0.2) is 4.39 Å². The summed E-state index contributed by atoms with van der Waals surface area (Å²) in [4.78, 5) is 0. The standard InChI is InChI=1S/C10H3F17O2/c1-2(11)6(17,18)29-7(19,9(23,24)25)10(26,27)28-3(5(14,15)16)4(12,13)8(20,21)22/h3H,1H2. The highest BCUT2D eigenvalue weighted by Gasteiger charge is 2.81. The molecule has 19 heteroatoms. The number of ether oxygens (including phenoxy) is 2. The summed E-state index contributed by atoms with van der Waals surface area (Å²) in [5.74, 6) is -18.4. The van der Waals surface area contributed by atoms with Crippen LogP contribution in [-0.4, -0.2) is 48.6 Å². The van der Waals surface area contributed by atoms with Gasteiger partial charge in [-0.1, -0.05) is 6.58 Å². The van der Waals surface area contributed by atoms with Gasteiger partial charge in [-0.15, -0.1) is 0 Å². The van der Waals surface area contributed by atoms with Gasteiger partial charge in [0.15, 0.2) is 5.83 Å². The van der Waals surface area contributed by atoms with Crippen molar-refractivity contribution < 1.29 is 84.1 Å². The molecule has 0 aromatic carbocycles. The molecule has 0 aliphatic rings. The molecule has 2 unspecified atom stereocenters. The Morgan fingerprint density at radius 3 is 1.28 bits per heavy atom. The summed E-state index contributed by atoms with van der Waals surface area (Å²) < 4.78 is 217. The van der Waals surface area contributed by atoms with Crippen molar-refractivity contribution in [3.05, 3.63) is 12.4 Å². The fourth-order valence-electron chi connectivity index (χ4n) is 1.23. The van der Waals surface area contributed by atoms with E-state index in [1.165, 1.54) is 6.58 Å². The Balaban J connectivity index is 6.52. The molecule has 0 aromatic rings. The van der Waals surface area contributed by atoms with Crippen LogP contribution in [0.5, 0.6) is 0 Å². The summed E-state index contributed by atoms with van der Waals surface area (Å²) in [6.07, 6.45) is -42.6. The minimum Gasteiger partial charge on any atom is -0.296 e. The molecule has 174 valence electrons. The number of hydrogen-bond donors (Lipinski definition) is 0. The lowest BCUT2D eigenvalue weighted by atomic mass is 10.1. The number of hydrogen-bond acceptors (Lipinski definition) is 2. The fraction of sp³-hybridized carbons (Fsp3) is 0.800. The Hall–Kier alpha value is -1.53. The average molecular weight is 478 g/mol. The topological polar surface area (TPSA) is 18.5 Å². The Morgan fingerprint density at radius 1 is 0.655 bits per heavy atom. The average Bonchev–Trinajstić information content (AvgIpc) is 2.40.